The summed E-state index contributed by atoms with van der Waals surface area (Å²) in [6, 6.07) is 8.78. The van der Waals surface area contributed by atoms with Crippen molar-refractivity contribution >= 4 is 28.9 Å². The molecule has 0 amide bonds. The fourth-order valence-electron chi connectivity index (χ4n) is 1.74. The molecule has 21 heavy (non-hydrogen) atoms. The maximum absolute atomic E-state index is 11.1. The van der Waals surface area contributed by atoms with Crippen LogP contribution in [0, 0.1) is 10.1 Å². The summed E-state index contributed by atoms with van der Waals surface area (Å²) in [5, 5.41) is 21.3. The van der Waals surface area contributed by atoms with Crippen LogP contribution in [0.25, 0.3) is 0 Å². The fraction of sp³-hybridized carbons (Fsp3) is 0.143. The number of nitrogens with zero attached hydrogens (tertiary/aromatic N) is 1. The predicted molar refractivity (Wildman–Crippen MR) is 80.3 cm³/mol. The standard InChI is InChI=1S/C14H11Cl2NO4/c1-8(18)9-2-3-14(13(4-9)17(19)20)21-12-6-10(15)5-11(16)7-12/h2-8,18H,1H3/t8-/m0/s1. The molecule has 2 aromatic carbocycles. The Labute approximate surface area is 130 Å². The molecule has 0 radical (unpaired) electrons. The molecule has 0 bridgehead atoms. The summed E-state index contributed by atoms with van der Waals surface area (Å²) < 4.78 is 5.48. The van der Waals surface area contributed by atoms with Crippen molar-refractivity contribution in [2.24, 2.45) is 0 Å². The van der Waals surface area contributed by atoms with E-state index in [-0.39, 0.29) is 11.4 Å². The van der Waals surface area contributed by atoms with E-state index < -0.39 is 11.0 Å². The van der Waals surface area contributed by atoms with Gasteiger partial charge in [-0.1, -0.05) is 29.3 Å². The largest absolute Gasteiger partial charge is 0.450 e. The van der Waals surface area contributed by atoms with E-state index in [1.54, 1.807) is 6.07 Å². The van der Waals surface area contributed by atoms with Gasteiger partial charge in [0.15, 0.2) is 0 Å². The van der Waals surface area contributed by atoms with E-state index in [1.165, 1.54) is 37.3 Å². The molecular weight excluding hydrogens is 317 g/mol. The summed E-state index contributed by atoms with van der Waals surface area (Å²) in [4.78, 5) is 10.5. The summed E-state index contributed by atoms with van der Waals surface area (Å²) in [5.41, 5.74) is 0.183. The second-order valence-electron chi connectivity index (χ2n) is 4.37. The van der Waals surface area contributed by atoms with Gasteiger partial charge in [0.2, 0.25) is 5.75 Å². The highest BCUT2D eigenvalue weighted by atomic mass is 35.5. The molecule has 0 fully saturated rings. The SMILES string of the molecule is C[C@H](O)c1ccc(Oc2cc(Cl)cc(Cl)c2)c([N+](=O)[O-])c1. The van der Waals surface area contributed by atoms with Crippen LogP contribution in [0.1, 0.15) is 18.6 Å². The van der Waals surface area contributed by atoms with Crippen LogP contribution in [-0.4, -0.2) is 10.0 Å². The van der Waals surface area contributed by atoms with Crippen LogP contribution in [0.15, 0.2) is 36.4 Å². The van der Waals surface area contributed by atoms with Gasteiger partial charge in [0.1, 0.15) is 5.75 Å². The summed E-state index contributed by atoms with van der Waals surface area (Å²) in [7, 11) is 0. The molecule has 0 aromatic heterocycles. The Morgan fingerprint density at radius 3 is 2.33 bits per heavy atom. The number of ether oxygens (including phenoxy) is 1. The second kappa shape index (κ2) is 6.30. The van der Waals surface area contributed by atoms with Gasteiger partial charge in [-0.3, -0.25) is 10.1 Å². The van der Waals surface area contributed by atoms with Crippen molar-refractivity contribution in [3.05, 3.63) is 62.1 Å². The number of nitro groups is 1. The van der Waals surface area contributed by atoms with E-state index in [1.807, 2.05) is 0 Å². The van der Waals surface area contributed by atoms with Crippen molar-refractivity contribution in [1.29, 1.82) is 0 Å². The Morgan fingerprint density at radius 2 is 1.81 bits per heavy atom. The van der Waals surface area contributed by atoms with Gasteiger partial charge < -0.3 is 9.84 Å². The summed E-state index contributed by atoms with van der Waals surface area (Å²) in [5.74, 6) is 0.336. The lowest BCUT2D eigenvalue weighted by Crippen LogP contribution is -1.97. The first kappa shape index (κ1) is 15.6. The second-order valence-corrected chi connectivity index (χ2v) is 5.24. The zero-order valence-electron chi connectivity index (χ0n) is 10.9. The first-order chi connectivity index (χ1) is 9.86. The van der Waals surface area contributed by atoms with Crippen molar-refractivity contribution in [3.8, 4) is 11.5 Å². The number of hydrogen-bond donors (Lipinski definition) is 1. The van der Waals surface area contributed by atoms with Gasteiger partial charge in [0, 0.05) is 16.1 Å². The first-order valence-electron chi connectivity index (χ1n) is 5.97. The van der Waals surface area contributed by atoms with Gasteiger partial charge in [-0.05, 0) is 36.8 Å². The number of aliphatic hydroxyl groups is 1. The molecule has 0 aliphatic heterocycles. The Bertz CT molecular complexity index is 668. The minimum Gasteiger partial charge on any atom is -0.450 e. The van der Waals surface area contributed by atoms with E-state index in [0.29, 0.717) is 21.4 Å². The van der Waals surface area contributed by atoms with Crippen LogP contribution < -0.4 is 4.74 Å². The van der Waals surface area contributed by atoms with Gasteiger partial charge in [-0.15, -0.1) is 0 Å². The quantitative estimate of drug-likeness (QED) is 0.649. The predicted octanol–water partition coefficient (Wildman–Crippen LogP) is 4.75. The minimum atomic E-state index is -0.807. The number of nitro benzene ring substituents is 1. The minimum absolute atomic E-state index is 0.0442. The van der Waals surface area contributed by atoms with Crippen LogP contribution in [0.3, 0.4) is 0 Å². The highest BCUT2D eigenvalue weighted by molar-refractivity contribution is 6.34. The summed E-state index contributed by atoms with van der Waals surface area (Å²) in [6.45, 7) is 1.52. The van der Waals surface area contributed by atoms with Gasteiger partial charge in [-0.25, -0.2) is 0 Å². The van der Waals surface area contributed by atoms with Crippen molar-refractivity contribution in [2.75, 3.05) is 0 Å². The molecule has 0 saturated heterocycles. The van der Waals surface area contributed by atoms with Gasteiger partial charge in [-0.2, -0.15) is 0 Å². The van der Waals surface area contributed by atoms with E-state index >= 15 is 0 Å². The average Bonchev–Trinajstić information content (AvgIpc) is 2.37. The van der Waals surface area contributed by atoms with Crippen molar-refractivity contribution in [2.45, 2.75) is 13.0 Å². The monoisotopic (exact) mass is 327 g/mol. The van der Waals surface area contributed by atoms with Crippen molar-refractivity contribution in [3.63, 3.8) is 0 Å². The molecule has 1 atom stereocenters. The third kappa shape index (κ3) is 3.85. The average molecular weight is 328 g/mol. The number of halogens is 2. The Balaban J connectivity index is 2.41. The zero-order valence-corrected chi connectivity index (χ0v) is 12.4. The Morgan fingerprint density at radius 1 is 1.19 bits per heavy atom. The molecule has 0 aliphatic carbocycles. The molecule has 110 valence electrons. The van der Waals surface area contributed by atoms with E-state index in [9.17, 15) is 15.2 Å². The highest BCUT2D eigenvalue weighted by Gasteiger charge is 2.18. The normalized spacial score (nSPS) is 12.0. The maximum atomic E-state index is 11.1. The molecule has 7 heteroatoms. The number of rotatable bonds is 4. The molecule has 0 spiro atoms. The lowest BCUT2D eigenvalue weighted by molar-refractivity contribution is -0.385. The molecule has 5 nitrogen and oxygen atoms in total. The molecule has 2 aromatic rings. The third-order valence-electron chi connectivity index (χ3n) is 2.73. The highest BCUT2D eigenvalue weighted by Crippen LogP contribution is 2.35. The molecule has 0 unspecified atom stereocenters. The summed E-state index contributed by atoms with van der Waals surface area (Å²) >= 11 is 11.7. The van der Waals surface area contributed by atoms with E-state index in [4.69, 9.17) is 27.9 Å². The maximum Gasteiger partial charge on any atom is 0.311 e. The molecule has 0 saturated carbocycles. The lowest BCUT2D eigenvalue weighted by atomic mass is 10.1. The van der Waals surface area contributed by atoms with E-state index in [0.717, 1.165) is 0 Å². The van der Waals surface area contributed by atoms with Gasteiger partial charge in [0.25, 0.3) is 0 Å². The van der Waals surface area contributed by atoms with Crippen molar-refractivity contribution < 1.29 is 14.8 Å². The number of aliphatic hydroxyl groups excluding tert-OH is 1. The van der Waals surface area contributed by atoms with Crippen molar-refractivity contribution in [1.82, 2.24) is 0 Å². The Hall–Kier alpha value is -1.82. The third-order valence-corrected chi connectivity index (χ3v) is 3.16. The van der Waals surface area contributed by atoms with Crippen LogP contribution >= 0.6 is 23.2 Å². The van der Waals surface area contributed by atoms with Gasteiger partial charge >= 0.3 is 5.69 Å². The fourth-order valence-corrected chi connectivity index (χ4v) is 2.24. The van der Waals surface area contributed by atoms with Crippen LogP contribution in [0.2, 0.25) is 10.0 Å². The molecule has 1 N–H and O–H groups in total. The molecule has 2 rings (SSSR count). The first-order valence-corrected chi connectivity index (χ1v) is 6.73. The van der Waals surface area contributed by atoms with Crippen LogP contribution in [-0.2, 0) is 0 Å². The van der Waals surface area contributed by atoms with E-state index in [2.05, 4.69) is 0 Å². The topological polar surface area (TPSA) is 72.6 Å². The smallest absolute Gasteiger partial charge is 0.311 e. The number of hydrogen-bond acceptors (Lipinski definition) is 4. The van der Waals surface area contributed by atoms with Gasteiger partial charge in [0.05, 0.1) is 11.0 Å². The summed E-state index contributed by atoms with van der Waals surface area (Å²) in [6.07, 6.45) is -0.807. The molecule has 0 aliphatic rings. The Kier molecular flexibility index (Phi) is 4.67. The number of benzene rings is 2. The molecular formula is C14H11Cl2NO4. The molecule has 0 heterocycles. The zero-order chi connectivity index (χ0) is 15.6. The van der Waals surface area contributed by atoms with Crippen LogP contribution in [0.4, 0.5) is 5.69 Å². The lowest BCUT2D eigenvalue weighted by Gasteiger charge is -2.10. The van der Waals surface area contributed by atoms with Crippen LogP contribution in [0.5, 0.6) is 11.5 Å².